The van der Waals surface area contributed by atoms with Gasteiger partial charge in [-0.05, 0) is 37.6 Å². The van der Waals surface area contributed by atoms with Crippen molar-refractivity contribution in [1.82, 2.24) is 8.75 Å². The van der Waals surface area contributed by atoms with Gasteiger partial charge in [0.25, 0.3) is 5.91 Å². The molecule has 3 rings (SSSR count). The Hall–Kier alpha value is -3.20. The van der Waals surface area contributed by atoms with Crippen LogP contribution in [0.2, 0.25) is 0 Å². The molecule has 0 unspecified atom stereocenters. The molecule has 29 heavy (non-hydrogen) atoms. The minimum atomic E-state index is -0.463. The molecule has 1 N–H and O–H groups in total. The monoisotopic (exact) mass is 415 g/mol. The van der Waals surface area contributed by atoms with Gasteiger partial charge in [0.1, 0.15) is 11.0 Å². The van der Waals surface area contributed by atoms with E-state index in [4.69, 9.17) is 14.2 Å². The Morgan fingerprint density at radius 3 is 2.62 bits per heavy atom. The molecule has 0 aliphatic heterocycles. The van der Waals surface area contributed by atoms with E-state index >= 15 is 0 Å². The highest BCUT2D eigenvalue weighted by Crippen LogP contribution is 2.26. The molecule has 0 bridgehead atoms. The van der Waals surface area contributed by atoms with Crippen LogP contribution in [-0.4, -0.2) is 40.4 Å². The van der Waals surface area contributed by atoms with Crippen molar-refractivity contribution in [2.24, 2.45) is 0 Å². The SMILES string of the molecule is CCOc1ccccc1OCCCC(=O)OCC(=O)Nc1cccc2nsnc12. The van der Waals surface area contributed by atoms with Crippen LogP contribution in [0.15, 0.2) is 42.5 Å². The maximum absolute atomic E-state index is 12.0. The zero-order valence-electron chi connectivity index (χ0n) is 15.9. The third kappa shape index (κ3) is 5.89. The molecule has 0 saturated carbocycles. The second-order valence-corrected chi connectivity index (χ2v) is 6.51. The first-order valence-electron chi connectivity index (χ1n) is 9.18. The molecule has 1 heterocycles. The lowest BCUT2D eigenvalue weighted by atomic mass is 10.2. The third-order valence-corrected chi connectivity index (χ3v) is 4.40. The van der Waals surface area contributed by atoms with Crippen LogP contribution in [0.1, 0.15) is 19.8 Å². The average Bonchev–Trinajstić information content (AvgIpc) is 3.21. The second kappa shape index (κ2) is 10.4. The van der Waals surface area contributed by atoms with Crippen molar-refractivity contribution in [2.75, 3.05) is 25.1 Å². The fraction of sp³-hybridized carbons (Fsp3) is 0.300. The van der Waals surface area contributed by atoms with Crippen molar-refractivity contribution in [2.45, 2.75) is 19.8 Å². The summed E-state index contributed by atoms with van der Waals surface area (Å²) in [4.78, 5) is 23.9. The number of ether oxygens (including phenoxy) is 3. The number of amides is 1. The number of fused-ring (bicyclic) bond motifs is 1. The van der Waals surface area contributed by atoms with Gasteiger partial charge in [-0.2, -0.15) is 8.75 Å². The molecule has 2 aromatic carbocycles. The fourth-order valence-corrected chi connectivity index (χ4v) is 3.10. The van der Waals surface area contributed by atoms with E-state index in [1.807, 2.05) is 37.3 Å². The summed E-state index contributed by atoms with van der Waals surface area (Å²) in [6.07, 6.45) is 0.611. The van der Waals surface area contributed by atoms with Gasteiger partial charge >= 0.3 is 5.97 Å². The number of rotatable bonds is 10. The third-order valence-electron chi connectivity index (χ3n) is 3.86. The van der Waals surface area contributed by atoms with Crippen molar-refractivity contribution < 1.29 is 23.8 Å². The molecule has 0 aliphatic rings. The zero-order valence-corrected chi connectivity index (χ0v) is 16.7. The highest BCUT2D eigenvalue weighted by Gasteiger charge is 2.11. The number of hydrogen-bond donors (Lipinski definition) is 1. The summed E-state index contributed by atoms with van der Waals surface area (Å²) in [5.41, 5.74) is 1.86. The van der Waals surface area contributed by atoms with Gasteiger partial charge in [-0.25, -0.2) is 0 Å². The van der Waals surface area contributed by atoms with Crippen LogP contribution in [0.3, 0.4) is 0 Å². The van der Waals surface area contributed by atoms with E-state index in [-0.39, 0.29) is 13.0 Å². The number of esters is 1. The van der Waals surface area contributed by atoms with Gasteiger partial charge in [-0.1, -0.05) is 18.2 Å². The van der Waals surface area contributed by atoms with E-state index in [9.17, 15) is 9.59 Å². The van der Waals surface area contributed by atoms with Gasteiger partial charge in [0.15, 0.2) is 18.1 Å². The van der Waals surface area contributed by atoms with Crippen molar-refractivity contribution in [3.05, 3.63) is 42.5 Å². The lowest BCUT2D eigenvalue weighted by molar-refractivity contribution is -0.147. The molecule has 1 amide bonds. The van der Waals surface area contributed by atoms with E-state index in [2.05, 4.69) is 14.1 Å². The van der Waals surface area contributed by atoms with E-state index in [1.165, 1.54) is 0 Å². The maximum atomic E-state index is 12.0. The largest absolute Gasteiger partial charge is 0.490 e. The molecular formula is C20H21N3O5S. The molecular weight excluding hydrogens is 394 g/mol. The first-order chi connectivity index (χ1) is 14.2. The molecule has 3 aromatic rings. The molecule has 9 heteroatoms. The number of nitrogens with one attached hydrogen (secondary N) is 1. The van der Waals surface area contributed by atoms with Gasteiger partial charge in [-0.3, -0.25) is 9.59 Å². The van der Waals surface area contributed by atoms with Crippen LogP contribution in [0.5, 0.6) is 11.5 Å². The minimum absolute atomic E-state index is 0.148. The van der Waals surface area contributed by atoms with Crippen molar-refractivity contribution in [3.63, 3.8) is 0 Å². The Morgan fingerprint density at radius 1 is 1.03 bits per heavy atom. The maximum Gasteiger partial charge on any atom is 0.306 e. The van der Waals surface area contributed by atoms with Gasteiger partial charge in [-0.15, -0.1) is 0 Å². The Balaban J connectivity index is 1.37. The molecule has 0 fully saturated rings. The number of nitrogens with zero attached hydrogens (tertiary/aromatic N) is 2. The fourth-order valence-electron chi connectivity index (χ4n) is 2.55. The Morgan fingerprint density at radius 2 is 1.83 bits per heavy atom. The van der Waals surface area contributed by atoms with Gasteiger partial charge in [0.05, 0.1) is 30.6 Å². The highest BCUT2D eigenvalue weighted by atomic mass is 32.1. The summed E-state index contributed by atoms with van der Waals surface area (Å²) in [6.45, 7) is 2.42. The Bertz CT molecular complexity index is 975. The molecule has 152 valence electrons. The predicted octanol–water partition coefficient (Wildman–Crippen LogP) is 3.43. The molecule has 0 aliphatic carbocycles. The first kappa shape index (κ1) is 20.5. The van der Waals surface area contributed by atoms with Crippen molar-refractivity contribution in [1.29, 1.82) is 0 Å². The molecule has 1 aromatic heterocycles. The second-order valence-electron chi connectivity index (χ2n) is 5.98. The Kier molecular flexibility index (Phi) is 7.34. The van der Waals surface area contributed by atoms with Crippen LogP contribution in [0.25, 0.3) is 11.0 Å². The lowest BCUT2D eigenvalue weighted by Gasteiger charge is -2.11. The number of anilines is 1. The van der Waals surface area contributed by atoms with E-state index in [0.29, 0.717) is 47.9 Å². The molecule has 0 spiro atoms. The average molecular weight is 415 g/mol. The molecule has 8 nitrogen and oxygen atoms in total. The summed E-state index contributed by atoms with van der Waals surface area (Å²) < 4.78 is 24.4. The van der Waals surface area contributed by atoms with Crippen molar-refractivity contribution >= 4 is 40.3 Å². The summed E-state index contributed by atoms with van der Waals surface area (Å²) in [7, 11) is 0. The summed E-state index contributed by atoms with van der Waals surface area (Å²) >= 11 is 1.07. The predicted molar refractivity (Wildman–Crippen MR) is 109 cm³/mol. The number of carbonyl (C=O) groups excluding carboxylic acids is 2. The van der Waals surface area contributed by atoms with Crippen LogP contribution >= 0.6 is 11.7 Å². The topological polar surface area (TPSA) is 99.6 Å². The molecule has 0 atom stereocenters. The zero-order chi connectivity index (χ0) is 20.5. The summed E-state index contributed by atoms with van der Waals surface area (Å²) in [6, 6.07) is 12.7. The van der Waals surface area contributed by atoms with Crippen LogP contribution < -0.4 is 14.8 Å². The van der Waals surface area contributed by atoms with E-state index in [1.54, 1.807) is 12.1 Å². The molecule has 0 radical (unpaired) electrons. The molecule has 0 saturated heterocycles. The quantitative estimate of drug-likeness (QED) is 0.400. The van der Waals surface area contributed by atoms with E-state index in [0.717, 1.165) is 11.7 Å². The highest BCUT2D eigenvalue weighted by molar-refractivity contribution is 7.00. The smallest absolute Gasteiger partial charge is 0.306 e. The van der Waals surface area contributed by atoms with Gasteiger partial charge in [0.2, 0.25) is 0 Å². The number of benzene rings is 2. The van der Waals surface area contributed by atoms with Gasteiger partial charge < -0.3 is 19.5 Å². The number of carbonyl (C=O) groups is 2. The van der Waals surface area contributed by atoms with Crippen LogP contribution in [-0.2, 0) is 14.3 Å². The first-order valence-corrected chi connectivity index (χ1v) is 9.91. The van der Waals surface area contributed by atoms with Gasteiger partial charge in [0, 0.05) is 6.42 Å². The summed E-state index contributed by atoms with van der Waals surface area (Å²) in [5, 5.41) is 2.68. The number of hydrogen-bond acceptors (Lipinski definition) is 8. The normalized spacial score (nSPS) is 10.5. The summed E-state index contributed by atoms with van der Waals surface area (Å²) in [5.74, 6) is 0.406. The number of aromatic nitrogens is 2. The van der Waals surface area contributed by atoms with E-state index < -0.39 is 11.9 Å². The lowest BCUT2D eigenvalue weighted by Crippen LogP contribution is -2.21. The standard InChI is InChI=1S/C20H21N3O5S/c1-2-26-16-9-3-4-10-17(16)27-12-6-11-19(25)28-13-18(24)21-14-7-5-8-15-20(14)23-29-22-15/h3-5,7-10H,2,6,11-13H2,1H3,(H,21,24). The number of para-hydroxylation sites is 2. The van der Waals surface area contributed by atoms with Crippen LogP contribution in [0, 0.1) is 0 Å². The Labute approximate surface area is 172 Å². The minimum Gasteiger partial charge on any atom is -0.490 e. The van der Waals surface area contributed by atoms with Crippen molar-refractivity contribution in [3.8, 4) is 11.5 Å². The van der Waals surface area contributed by atoms with Crippen LogP contribution in [0.4, 0.5) is 5.69 Å².